The van der Waals surface area contributed by atoms with Gasteiger partial charge in [-0.25, -0.2) is 0 Å². The first-order valence-electron chi connectivity index (χ1n) is 6.31. The van der Waals surface area contributed by atoms with Crippen LogP contribution in [0.4, 0.5) is 0 Å². The third-order valence-electron chi connectivity index (χ3n) is 3.08. The molecule has 1 saturated heterocycles. The Labute approximate surface area is 113 Å². The van der Waals surface area contributed by atoms with Crippen LogP contribution in [0.25, 0.3) is 0 Å². The molecule has 0 bridgehead atoms. The number of esters is 2. The zero-order valence-electron chi connectivity index (χ0n) is 11.7. The summed E-state index contributed by atoms with van der Waals surface area (Å²) in [5.41, 5.74) is 0. The van der Waals surface area contributed by atoms with E-state index in [1.165, 1.54) is 13.8 Å². The largest absolute Gasteiger partial charge is 0.460 e. The van der Waals surface area contributed by atoms with Crippen LogP contribution in [0.5, 0.6) is 0 Å². The first kappa shape index (κ1) is 15.5. The lowest BCUT2D eigenvalue weighted by Gasteiger charge is -2.40. The van der Waals surface area contributed by atoms with Crippen LogP contribution in [0.3, 0.4) is 0 Å². The minimum absolute atomic E-state index is 0.0607. The number of carbonyl (C=O) groups excluding carboxylic acids is 2. The number of rotatable bonds is 3. The van der Waals surface area contributed by atoms with Crippen LogP contribution >= 0.6 is 0 Å². The maximum Gasteiger partial charge on any atom is 0.304 e. The molecule has 0 aromatic carbocycles. The highest BCUT2D eigenvalue weighted by Crippen LogP contribution is 2.31. The average Bonchev–Trinajstić information content (AvgIpc) is 2.30. The molecule has 0 aliphatic carbocycles. The van der Waals surface area contributed by atoms with E-state index in [0.29, 0.717) is 6.42 Å². The molecular formula is C14H20O5. The van der Waals surface area contributed by atoms with Gasteiger partial charge in [0, 0.05) is 25.7 Å². The van der Waals surface area contributed by atoms with Crippen LogP contribution in [0.2, 0.25) is 0 Å². The van der Waals surface area contributed by atoms with Crippen molar-refractivity contribution in [3.8, 4) is 12.3 Å². The zero-order valence-corrected chi connectivity index (χ0v) is 11.7. The predicted octanol–water partition coefficient (Wildman–Crippen LogP) is 1.50. The second kappa shape index (κ2) is 6.58. The molecule has 0 N–H and O–H groups in total. The number of hydrogen-bond donors (Lipinski definition) is 0. The molecule has 0 amide bonds. The molecule has 1 aliphatic heterocycles. The van der Waals surface area contributed by atoms with E-state index in [4.69, 9.17) is 20.6 Å². The molecule has 1 heterocycles. The summed E-state index contributed by atoms with van der Waals surface area (Å²) >= 11 is 0. The van der Waals surface area contributed by atoms with E-state index in [9.17, 15) is 9.59 Å². The molecule has 0 radical (unpaired) electrons. The Morgan fingerprint density at radius 3 is 2.37 bits per heavy atom. The summed E-state index contributed by atoms with van der Waals surface area (Å²) in [7, 11) is 0. The third-order valence-corrected chi connectivity index (χ3v) is 3.08. The Morgan fingerprint density at radius 2 is 1.89 bits per heavy atom. The van der Waals surface area contributed by atoms with Gasteiger partial charge in [0.1, 0.15) is 12.2 Å². The van der Waals surface area contributed by atoms with Gasteiger partial charge in [0.2, 0.25) is 6.29 Å². The Hall–Kier alpha value is -1.54. The summed E-state index contributed by atoms with van der Waals surface area (Å²) in [6.07, 6.45) is 4.43. The molecular weight excluding hydrogens is 248 g/mol. The lowest BCUT2D eigenvalue weighted by molar-refractivity contribution is -0.249. The molecule has 106 valence electrons. The van der Waals surface area contributed by atoms with Gasteiger partial charge in [0.15, 0.2) is 0 Å². The van der Waals surface area contributed by atoms with E-state index < -0.39 is 24.5 Å². The normalized spacial score (nSPS) is 31.9. The van der Waals surface area contributed by atoms with Crippen LogP contribution in [0.15, 0.2) is 0 Å². The molecule has 0 unspecified atom stereocenters. The quantitative estimate of drug-likeness (QED) is 0.573. The van der Waals surface area contributed by atoms with Crippen molar-refractivity contribution in [3.05, 3.63) is 0 Å². The second-order valence-corrected chi connectivity index (χ2v) is 4.89. The van der Waals surface area contributed by atoms with Crippen LogP contribution in [0, 0.1) is 24.2 Å². The van der Waals surface area contributed by atoms with E-state index in [2.05, 4.69) is 5.92 Å². The topological polar surface area (TPSA) is 61.8 Å². The number of hydrogen-bond acceptors (Lipinski definition) is 5. The summed E-state index contributed by atoms with van der Waals surface area (Å²) in [5, 5.41) is 0. The molecule has 5 atom stereocenters. The molecule has 0 aromatic rings. The molecule has 5 heteroatoms. The van der Waals surface area contributed by atoms with E-state index in [1.54, 1.807) is 0 Å². The van der Waals surface area contributed by atoms with Gasteiger partial charge in [-0.05, 0) is 13.3 Å². The second-order valence-electron chi connectivity index (χ2n) is 4.89. The van der Waals surface area contributed by atoms with E-state index in [-0.39, 0.29) is 17.8 Å². The Bertz CT molecular complexity index is 384. The molecule has 1 fully saturated rings. The van der Waals surface area contributed by atoms with Crippen molar-refractivity contribution in [2.45, 2.75) is 52.6 Å². The summed E-state index contributed by atoms with van der Waals surface area (Å²) in [4.78, 5) is 22.2. The standard InChI is InChI=1S/C14H20O5/c1-6-8(2)13-12(17-10(4)15)7-9(3)14(19-13)18-11(5)16/h1,8-9,12-14H,7H2,2-5H3/t8-,9-,12-,13+,14+/m0/s1. The zero-order chi connectivity index (χ0) is 14.6. The van der Waals surface area contributed by atoms with Crippen LogP contribution in [-0.4, -0.2) is 30.4 Å². The molecule has 5 nitrogen and oxygen atoms in total. The minimum atomic E-state index is -0.648. The van der Waals surface area contributed by atoms with E-state index in [0.717, 1.165) is 0 Å². The molecule has 0 spiro atoms. The first-order valence-corrected chi connectivity index (χ1v) is 6.31. The first-order chi connectivity index (χ1) is 8.85. The minimum Gasteiger partial charge on any atom is -0.460 e. The fraction of sp³-hybridized carbons (Fsp3) is 0.714. The maximum absolute atomic E-state index is 11.1. The van der Waals surface area contributed by atoms with Gasteiger partial charge >= 0.3 is 11.9 Å². The Morgan fingerprint density at radius 1 is 1.32 bits per heavy atom. The molecule has 1 rings (SSSR count). The molecule has 0 aromatic heterocycles. The van der Waals surface area contributed by atoms with Gasteiger partial charge in [-0.3, -0.25) is 9.59 Å². The SMILES string of the molecule is C#C[C@H](C)[C@H]1O[C@@H](OC(C)=O)[C@@H](C)C[C@@H]1OC(C)=O. The predicted molar refractivity (Wildman–Crippen MR) is 67.8 cm³/mol. The van der Waals surface area contributed by atoms with Crippen molar-refractivity contribution in [3.63, 3.8) is 0 Å². The summed E-state index contributed by atoms with van der Waals surface area (Å²) in [6, 6.07) is 0. The number of ether oxygens (including phenoxy) is 3. The van der Waals surface area contributed by atoms with Crippen molar-refractivity contribution in [1.29, 1.82) is 0 Å². The van der Waals surface area contributed by atoms with Crippen molar-refractivity contribution in [2.24, 2.45) is 11.8 Å². The van der Waals surface area contributed by atoms with Crippen molar-refractivity contribution < 1.29 is 23.8 Å². The van der Waals surface area contributed by atoms with Gasteiger partial charge in [-0.2, -0.15) is 0 Å². The van der Waals surface area contributed by atoms with E-state index >= 15 is 0 Å². The van der Waals surface area contributed by atoms with Crippen LogP contribution in [0.1, 0.15) is 34.1 Å². The van der Waals surface area contributed by atoms with Crippen molar-refractivity contribution >= 4 is 11.9 Å². The Kier molecular flexibility index (Phi) is 5.37. The van der Waals surface area contributed by atoms with Crippen LogP contribution < -0.4 is 0 Å². The number of carbonyl (C=O) groups is 2. The molecule has 0 saturated carbocycles. The maximum atomic E-state index is 11.1. The van der Waals surface area contributed by atoms with E-state index in [1.807, 2.05) is 13.8 Å². The molecule has 1 aliphatic rings. The van der Waals surface area contributed by atoms with Gasteiger partial charge in [-0.1, -0.05) is 6.92 Å². The summed E-state index contributed by atoms with van der Waals surface area (Å²) < 4.78 is 16.1. The lowest BCUT2D eigenvalue weighted by atomic mass is 9.89. The van der Waals surface area contributed by atoms with Crippen molar-refractivity contribution in [2.75, 3.05) is 0 Å². The highest BCUT2D eigenvalue weighted by atomic mass is 16.7. The smallest absolute Gasteiger partial charge is 0.304 e. The summed E-state index contributed by atoms with van der Waals surface area (Å²) in [5.74, 6) is 1.49. The average molecular weight is 268 g/mol. The number of terminal acetylenes is 1. The third kappa shape index (κ3) is 4.25. The van der Waals surface area contributed by atoms with Gasteiger partial charge < -0.3 is 14.2 Å². The van der Waals surface area contributed by atoms with Gasteiger partial charge in [-0.15, -0.1) is 12.3 Å². The fourth-order valence-corrected chi connectivity index (χ4v) is 2.16. The highest BCUT2D eigenvalue weighted by Gasteiger charge is 2.41. The summed E-state index contributed by atoms with van der Waals surface area (Å²) in [6.45, 7) is 6.36. The van der Waals surface area contributed by atoms with Crippen LogP contribution in [-0.2, 0) is 23.8 Å². The fourth-order valence-electron chi connectivity index (χ4n) is 2.16. The Balaban J connectivity index is 2.82. The molecule has 19 heavy (non-hydrogen) atoms. The van der Waals surface area contributed by atoms with Gasteiger partial charge in [0.05, 0.1) is 0 Å². The lowest BCUT2D eigenvalue weighted by Crippen LogP contribution is -2.49. The van der Waals surface area contributed by atoms with Crippen molar-refractivity contribution in [1.82, 2.24) is 0 Å². The highest BCUT2D eigenvalue weighted by molar-refractivity contribution is 5.66. The van der Waals surface area contributed by atoms with Gasteiger partial charge in [0.25, 0.3) is 0 Å². The monoisotopic (exact) mass is 268 g/mol.